The Kier molecular flexibility index (Phi) is 5.94. The van der Waals surface area contributed by atoms with Crippen molar-refractivity contribution in [3.63, 3.8) is 0 Å². The number of ether oxygens (including phenoxy) is 1. The summed E-state index contributed by atoms with van der Waals surface area (Å²) in [7, 11) is 1.54. The maximum atomic E-state index is 12.8. The second-order valence-corrected chi connectivity index (χ2v) is 6.62. The van der Waals surface area contributed by atoms with Crippen LogP contribution in [0.1, 0.15) is 29.8 Å². The SMILES string of the molecule is COc1c(C)cc(Cl)cc1C(=O)N1CCN(C(=O)NC(C)C)CC1. The number of methoxy groups -OCH3 is 1. The Bertz CT molecular complexity index is 626. The summed E-state index contributed by atoms with van der Waals surface area (Å²) in [4.78, 5) is 28.3. The molecule has 1 saturated heterocycles. The lowest BCUT2D eigenvalue weighted by Crippen LogP contribution is -2.54. The number of rotatable bonds is 3. The van der Waals surface area contributed by atoms with Crippen LogP contribution in [-0.4, -0.2) is 61.1 Å². The number of hydrogen-bond acceptors (Lipinski definition) is 3. The standard InChI is InChI=1S/C17H24ClN3O3/c1-11(2)19-17(23)21-7-5-20(6-8-21)16(22)14-10-13(18)9-12(3)15(14)24-4/h9-11H,5-8H2,1-4H3,(H,19,23). The monoisotopic (exact) mass is 353 g/mol. The van der Waals surface area contributed by atoms with Crippen molar-refractivity contribution < 1.29 is 14.3 Å². The molecule has 0 aromatic heterocycles. The molecule has 1 N–H and O–H groups in total. The van der Waals surface area contributed by atoms with Crippen molar-refractivity contribution in [1.29, 1.82) is 0 Å². The van der Waals surface area contributed by atoms with E-state index < -0.39 is 0 Å². The number of halogens is 1. The highest BCUT2D eigenvalue weighted by Crippen LogP contribution is 2.29. The largest absolute Gasteiger partial charge is 0.496 e. The molecule has 0 radical (unpaired) electrons. The van der Waals surface area contributed by atoms with Crippen molar-refractivity contribution in [3.05, 3.63) is 28.3 Å². The number of aryl methyl sites for hydroxylation is 1. The number of amides is 3. The maximum absolute atomic E-state index is 12.8. The summed E-state index contributed by atoms with van der Waals surface area (Å²) in [5.74, 6) is 0.422. The van der Waals surface area contributed by atoms with Crippen LogP contribution < -0.4 is 10.1 Å². The minimum atomic E-state index is -0.124. The number of urea groups is 1. The van der Waals surface area contributed by atoms with Crippen LogP contribution in [0.15, 0.2) is 12.1 Å². The van der Waals surface area contributed by atoms with Crippen molar-refractivity contribution in [2.24, 2.45) is 0 Å². The molecular weight excluding hydrogens is 330 g/mol. The van der Waals surface area contributed by atoms with Crippen molar-refractivity contribution in [3.8, 4) is 5.75 Å². The van der Waals surface area contributed by atoms with Gasteiger partial charge < -0.3 is 19.9 Å². The third-order valence-corrected chi connectivity index (χ3v) is 4.16. The Balaban J connectivity index is 2.07. The van der Waals surface area contributed by atoms with Crippen LogP contribution in [0.25, 0.3) is 0 Å². The highest BCUT2D eigenvalue weighted by molar-refractivity contribution is 6.31. The van der Waals surface area contributed by atoms with Gasteiger partial charge in [0.15, 0.2) is 0 Å². The molecule has 24 heavy (non-hydrogen) atoms. The Morgan fingerprint density at radius 2 is 1.75 bits per heavy atom. The van der Waals surface area contributed by atoms with Crippen LogP contribution in [0.5, 0.6) is 5.75 Å². The Labute approximate surface area is 147 Å². The Hall–Kier alpha value is -1.95. The van der Waals surface area contributed by atoms with Crippen molar-refractivity contribution >= 4 is 23.5 Å². The number of nitrogens with zero attached hydrogens (tertiary/aromatic N) is 2. The van der Waals surface area contributed by atoms with E-state index >= 15 is 0 Å². The van der Waals surface area contributed by atoms with Gasteiger partial charge in [0.1, 0.15) is 5.75 Å². The molecule has 0 aliphatic carbocycles. The van der Waals surface area contributed by atoms with Gasteiger partial charge in [-0.1, -0.05) is 11.6 Å². The van der Waals surface area contributed by atoms with Gasteiger partial charge in [0.05, 0.1) is 12.7 Å². The van der Waals surface area contributed by atoms with Gasteiger partial charge in [-0.05, 0) is 38.5 Å². The number of nitrogens with one attached hydrogen (secondary N) is 1. The van der Waals surface area contributed by atoms with Gasteiger partial charge in [-0.25, -0.2) is 4.79 Å². The van der Waals surface area contributed by atoms with Crippen molar-refractivity contribution in [1.82, 2.24) is 15.1 Å². The van der Waals surface area contributed by atoms with Crippen LogP contribution >= 0.6 is 11.6 Å². The zero-order valence-corrected chi connectivity index (χ0v) is 15.3. The highest BCUT2D eigenvalue weighted by atomic mass is 35.5. The number of benzene rings is 1. The van der Waals surface area contributed by atoms with E-state index in [1.807, 2.05) is 20.8 Å². The fraction of sp³-hybridized carbons (Fsp3) is 0.529. The molecule has 6 nitrogen and oxygen atoms in total. The molecule has 1 aromatic rings. The van der Waals surface area contributed by atoms with E-state index in [4.69, 9.17) is 16.3 Å². The fourth-order valence-electron chi connectivity index (χ4n) is 2.78. The van der Waals surface area contributed by atoms with E-state index in [9.17, 15) is 9.59 Å². The lowest BCUT2D eigenvalue weighted by molar-refractivity contribution is 0.0660. The first-order valence-electron chi connectivity index (χ1n) is 8.02. The van der Waals surface area contributed by atoms with E-state index in [-0.39, 0.29) is 18.0 Å². The molecule has 0 saturated carbocycles. The van der Waals surface area contributed by atoms with E-state index in [1.54, 1.807) is 29.0 Å². The first kappa shape index (κ1) is 18.4. The number of piperazine rings is 1. The molecule has 132 valence electrons. The first-order chi connectivity index (χ1) is 11.3. The molecule has 0 atom stereocenters. The molecule has 0 bridgehead atoms. The molecule has 1 aliphatic rings. The first-order valence-corrected chi connectivity index (χ1v) is 8.40. The smallest absolute Gasteiger partial charge is 0.317 e. The quantitative estimate of drug-likeness (QED) is 0.908. The molecule has 0 unspecified atom stereocenters. The summed E-state index contributed by atoms with van der Waals surface area (Å²) < 4.78 is 5.37. The lowest BCUT2D eigenvalue weighted by Gasteiger charge is -2.35. The second-order valence-electron chi connectivity index (χ2n) is 6.19. The second kappa shape index (κ2) is 7.75. The van der Waals surface area contributed by atoms with Gasteiger partial charge in [0.2, 0.25) is 0 Å². The van der Waals surface area contributed by atoms with Gasteiger partial charge in [-0.2, -0.15) is 0 Å². The van der Waals surface area contributed by atoms with Crippen LogP contribution in [0.3, 0.4) is 0 Å². The number of carbonyl (C=O) groups excluding carboxylic acids is 2. The third kappa shape index (κ3) is 4.12. The fourth-order valence-corrected chi connectivity index (χ4v) is 3.05. The molecule has 1 aromatic carbocycles. The topological polar surface area (TPSA) is 61.9 Å². The van der Waals surface area contributed by atoms with Gasteiger partial charge in [-0.15, -0.1) is 0 Å². The molecule has 1 aliphatic heterocycles. The molecule has 1 fully saturated rings. The van der Waals surface area contributed by atoms with Gasteiger partial charge in [0, 0.05) is 37.2 Å². The average molecular weight is 354 g/mol. The summed E-state index contributed by atoms with van der Waals surface area (Å²) in [6, 6.07) is 3.41. The highest BCUT2D eigenvalue weighted by Gasteiger charge is 2.27. The molecule has 0 spiro atoms. The summed E-state index contributed by atoms with van der Waals surface area (Å²) >= 11 is 6.09. The molecule has 7 heteroatoms. The summed E-state index contributed by atoms with van der Waals surface area (Å²) in [5, 5.41) is 3.37. The van der Waals surface area contributed by atoms with Gasteiger partial charge >= 0.3 is 6.03 Å². The predicted molar refractivity (Wildman–Crippen MR) is 93.9 cm³/mol. The number of hydrogen-bond donors (Lipinski definition) is 1. The molecule has 1 heterocycles. The zero-order valence-electron chi connectivity index (χ0n) is 14.6. The molecule has 2 rings (SSSR count). The van der Waals surface area contributed by atoms with Gasteiger partial charge in [0.25, 0.3) is 5.91 Å². The molecule has 3 amide bonds. The summed E-state index contributed by atoms with van der Waals surface area (Å²) in [6.45, 7) is 7.68. The Morgan fingerprint density at radius 3 is 2.29 bits per heavy atom. The minimum Gasteiger partial charge on any atom is -0.496 e. The Morgan fingerprint density at radius 1 is 1.17 bits per heavy atom. The van der Waals surface area contributed by atoms with Crippen LogP contribution in [0, 0.1) is 6.92 Å². The van der Waals surface area contributed by atoms with Crippen LogP contribution in [-0.2, 0) is 0 Å². The summed E-state index contributed by atoms with van der Waals surface area (Å²) in [5.41, 5.74) is 1.28. The van der Waals surface area contributed by atoms with E-state index in [1.165, 1.54) is 0 Å². The maximum Gasteiger partial charge on any atom is 0.317 e. The third-order valence-electron chi connectivity index (χ3n) is 3.94. The van der Waals surface area contributed by atoms with E-state index in [2.05, 4.69) is 5.32 Å². The average Bonchev–Trinajstić information content (AvgIpc) is 2.53. The zero-order chi connectivity index (χ0) is 17.9. The van der Waals surface area contributed by atoms with Crippen LogP contribution in [0.2, 0.25) is 5.02 Å². The lowest BCUT2D eigenvalue weighted by atomic mass is 10.1. The van der Waals surface area contributed by atoms with Crippen molar-refractivity contribution in [2.45, 2.75) is 26.8 Å². The number of carbonyl (C=O) groups is 2. The van der Waals surface area contributed by atoms with Crippen molar-refractivity contribution in [2.75, 3.05) is 33.3 Å². The van der Waals surface area contributed by atoms with E-state index in [0.29, 0.717) is 42.5 Å². The van der Waals surface area contributed by atoms with Crippen LogP contribution in [0.4, 0.5) is 4.79 Å². The molecular formula is C17H24ClN3O3. The minimum absolute atomic E-state index is 0.0896. The predicted octanol–water partition coefficient (Wildman–Crippen LogP) is 2.53. The summed E-state index contributed by atoms with van der Waals surface area (Å²) in [6.07, 6.45) is 0. The van der Waals surface area contributed by atoms with E-state index in [0.717, 1.165) is 5.56 Å². The van der Waals surface area contributed by atoms with Gasteiger partial charge in [-0.3, -0.25) is 4.79 Å². The normalized spacial score (nSPS) is 14.8.